The fourth-order valence-corrected chi connectivity index (χ4v) is 2.29. The molecule has 0 bridgehead atoms. The fraction of sp³-hybridized carbons (Fsp3) is 0.125. The standard InChI is InChI=1S/C16H15BrN4O/c1-11-4-5-12(9-14(11)17)20-15-6-7-18-16(21-15)19-10-13-3-2-8-22-13/h2-9H,10H2,1H3,(H2,18,19,20,21). The normalized spacial score (nSPS) is 10.5. The summed E-state index contributed by atoms with van der Waals surface area (Å²) in [5.41, 5.74) is 2.15. The Labute approximate surface area is 136 Å². The number of nitrogens with one attached hydrogen (secondary N) is 2. The molecule has 112 valence electrons. The predicted octanol–water partition coefficient (Wildman–Crippen LogP) is 4.50. The van der Waals surface area contributed by atoms with Gasteiger partial charge in [-0.2, -0.15) is 4.98 Å². The second-order valence-electron chi connectivity index (χ2n) is 4.79. The van der Waals surface area contributed by atoms with Crippen LogP contribution in [0, 0.1) is 6.92 Å². The van der Waals surface area contributed by atoms with Crippen LogP contribution in [0.1, 0.15) is 11.3 Å². The molecule has 0 fully saturated rings. The van der Waals surface area contributed by atoms with Crippen LogP contribution in [0.5, 0.6) is 0 Å². The molecule has 2 heterocycles. The van der Waals surface area contributed by atoms with Gasteiger partial charge < -0.3 is 15.1 Å². The Balaban J connectivity index is 1.69. The first-order valence-corrected chi connectivity index (χ1v) is 7.62. The van der Waals surface area contributed by atoms with Gasteiger partial charge in [-0.25, -0.2) is 4.98 Å². The fourth-order valence-electron chi connectivity index (χ4n) is 1.91. The van der Waals surface area contributed by atoms with Gasteiger partial charge in [-0.05, 0) is 42.8 Å². The third-order valence-electron chi connectivity index (χ3n) is 3.10. The summed E-state index contributed by atoms with van der Waals surface area (Å²) in [6.07, 6.45) is 3.36. The number of hydrogen-bond donors (Lipinski definition) is 2. The van der Waals surface area contributed by atoms with Gasteiger partial charge in [0.1, 0.15) is 11.6 Å². The van der Waals surface area contributed by atoms with E-state index in [1.807, 2.05) is 36.4 Å². The molecule has 0 aliphatic rings. The molecular formula is C16H15BrN4O. The number of aryl methyl sites for hydroxylation is 1. The summed E-state index contributed by atoms with van der Waals surface area (Å²) in [7, 11) is 0. The van der Waals surface area contributed by atoms with Crippen LogP contribution >= 0.6 is 15.9 Å². The summed E-state index contributed by atoms with van der Waals surface area (Å²) < 4.78 is 6.32. The Morgan fingerprint density at radius 3 is 2.91 bits per heavy atom. The summed E-state index contributed by atoms with van der Waals surface area (Å²) in [6, 6.07) is 11.7. The zero-order valence-corrected chi connectivity index (χ0v) is 13.6. The zero-order valence-electron chi connectivity index (χ0n) is 12.0. The van der Waals surface area contributed by atoms with Gasteiger partial charge in [0.2, 0.25) is 5.95 Å². The minimum Gasteiger partial charge on any atom is -0.467 e. The van der Waals surface area contributed by atoms with Gasteiger partial charge in [0, 0.05) is 16.4 Å². The number of anilines is 3. The molecular weight excluding hydrogens is 344 g/mol. The van der Waals surface area contributed by atoms with Crippen molar-refractivity contribution >= 4 is 33.4 Å². The summed E-state index contributed by atoms with van der Waals surface area (Å²) in [6.45, 7) is 2.60. The molecule has 2 N–H and O–H groups in total. The van der Waals surface area contributed by atoms with E-state index in [9.17, 15) is 0 Å². The largest absolute Gasteiger partial charge is 0.467 e. The highest BCUT2D eigenvalue weighted by atomic mass is 79.9. The van der Waals surface area contributed by atoms with Crippen LogP contribution in [0.15, 0.2) is 57.7 Å². The molecule has 0 saturated heterocycles. The van der Waals surface area contributed by atoms with E-state index < -0.39 is 0 Å². The van der Waals surface area contributed by atoms with Crippen LogP contribution in [0.4, 0.5) is 17.5 Å². The lowest BCUT2D eigenvalue weighted by Gasteiger charge is -2.09. The molecule has 22 heavy (non-hydrogen) atoms. The van der Waals surface area contributed by atoms with Crippen LogP contribution in [-0.4, -0.2) is 9.97 Å². The van der Waals surface area contributed by atoms with E-state index in [0.29, 0.717) is 12.5 Å². The van der Waals surface area contributed by atoms with Gasteiger partial charge in [-0.15, -0.1) is 0 Å². The first-order chi connectivity index (χ1) is 10.7. The number of benzene rings is 1. The van der Waals surface area contributed by atoms with E-state index in [4.69, 9.17) is 4.42 Å². The molecule has 1 aromatic carbocycles. The topological polar surface area (TPSA) is 63.0 Å². The van der Waals surface area contributed by atoms with Gasteiger partial charge in [-0.3, -0.25) is 0 Å². The number of furan rings is 1. The molecule has 0 spiro atoms. The Hall–Kier alpha value is -2.34. The quantitative estimate of drug-likeness (QED) is 0.703. The van der Waals surface area contributed by atoms with Crippen LogP contribution < -0.4 is 10.6 Å². The minimum atomic E-state index is 0.548. The summed E-state index contributed by atoms with van der Waals surface area (Å²) in [5.74, 6) is 2.12. The smallest absolute Gasteiger partial charge is 0.224 e. The molecule has 0 saturated carbocycles. The highest BCUT2D eigenvalue weighted by molar-refractivity contribution is 9.10. The van der Waals surface area contributed by atoms with E-state index in [2.05, 4.69) is 43.5 Å². The predicted molar refractivity (Wildman–Crippen MR) is 90.2 cm³/mol. The van der Waals surface area contributed by atoms with Crippen molar-refractivity contribution in [2.24, 2.45) is 0 Å². The SMILES string of the molecule is Cc1ccc(Nc2ccnc(NCc3ccco3)n2)cc1Br. The molecule has 0 radical (unpaired) electrons. The second kappa shape index (κ2) is 6.62. The van der Waals surface area contributed by atoms with Gasteiger partial charge in [0.15, 0.2) is 0 Å². The van der Waals surface area contributed by atoms with Crippen LogP contribution in [0.25, 0.3) is 0 Å². The number of aromatic nitrogens is 2. The van der Waals surface area contributed by atoms with E-state index in [1.165, 1.54) is 5.56 Å². The highest BCUT2D eigenvalue weighted by Crippen LogP contribution is 2.23. The maximum atomic E-state index is 5.27. The van der Waals surface area contributed by atoms with Crippen LogP contribution in [0.3, 0.4) is 0 Å². The summed E-state index contributed by atoms with van der Waals surface area (Å²) in [4.78, 5) is 8.63. The summed E-state index contributed by atoms with van der Waals surface area (Å²) >= 11 is 3.53. The molecule has 3 aromatic rings. The number of nitrogens with zero attached hydrogens (tertiary/aromatic N) is 2. The molecule has 0 amide bonds. The molecule has 0 atom stereocenters. The Morgan fingerprint density at radius 2 is 2.14 bits per heavy atom. The molecule has 2 aromatic heterocycles. The van der Waals surface area contributed by atoms with Crippen LogP contribution in [0.2, 0.25) is 0 Å². The molecule has 0 aliphatic heterocycles. The van der Waals surface area contributed by atoms with Crippen molar-refractivity contribution in [3.8, 4) is 0 Å². The Morgan fingerprint density at radius 1 is 1.23 bits per heavy atom. The molecule has 0 unspecified atom stereocenters. The molecule has 6 heteroatoms. The molecule has 5 nitrogen and oxygen atoms in total. The number of hydrogen-bond acceptors (Lipinski definition) is 5. The van der Waals surface area contributed by atoms with Gasteiger partial charge >= 0.3 is 0 Å². The van der Waals surface area contributed by atoms with Crippen molar-refractivity contribution < 1.29 is 4.42 Å². The average molecular weight is 359 g/mol. The first kappa shape index (κ1) is 14.6. The zero-order chi connectivity index (χ0) is 15.4. The molecule has 0 aliphatic carbocycles. The van der Waals surface area contributed by atoms with E-state index >= 15 is 0 Å². The third kappa shape index (κ3) is 3.65. The van der Waals surface area contributed by atoms with E-state index in [1.54, 1.807) is 12.5 Å². The lowest BCUT2D eigenvalue weighted by atomic mass is 10.2. The highest BCUT2D eigenvalue weighted by Gasteiger charge is 2.03. The van der Waals surface area contributed by atoms with E-state index in [-0.39, 0.29) is 0 Å². The van der Waals surface area contributed by atoms with Crippen molar-refractivity contribution in [2.75, 3.05) is 10.6 Å². The number of rotatable bonds is 5. The van der Waals surface area contributed by atoms with Gasteiger partial charge in [0.05, 0.1) is 12.8 Å². The Kier molecular flexibility index (Phi) is 4.39. The maximum Gasteiger partial charge on any atom is 0.224 e. The lowest BCUT2D eigenvalue weighted by molar-refractivity contribution is 0.517. The van der Waals surface area contributed by atoms with Crippen molar-refractivity contribution in [1.82, 2.24) is 9.97 Å². The van der Waals surface area contributed by atoms with Gasteiger partial charge in [-0.1, -0.05) is 22.0 Å². The van der Waals surface area contributed by atoms with Crippen molar-refractivity contribution in [3.05, 3.63) is 64.7 Å². The van der Waals surface area contributed by atoms with Crippen molar-refractivity contribution in [3.63, 3.8) is 0 Å². The molecule has 3 rings (SSSR count). The van der Waals surface area contributed by atoms with Gasteiger partial charge in [0.25, 0.3) is 0 Å². The van der Waals surface area contributed by atoms with E-state index in [0.717, 1.165) is 21.7 Å². The average Bonchev–Trinajstić information content (AvgIpc) is 3.03. The van der Waals surface area contributed by atoms with Crippen molar-refractivity contribution in [2.45, 2.75) is 13.5 Å². The second-order valence-corrected chi connectivity index (χ2v) is 5.64. The lowest BCUT2D eigenvalue weighted by Crippen LogP contribution is -2.04. The number of halogens is 1. The third-order valence-corrected chi connectivity index (χ3v) is 3.95. The van der Waals surface area contributed by atoms with Crippen molar-refractivity contribution in [1.29, 1.82) is 0 Å². The minimum absolute atomic E-state index is 0.548. The first-order valence-electron chi connectivity index (χ1n) is 6.83. The Bertz CT molecular complexity index is 759. The monoisotopic (exact) mass is 358 g/mol. The maximum absolute atomic E-state index is 5.27. The van der Waals surface area contributed by atoms with Crippen LogP contribution in [-0.2, 0) is 6.54 Å². The summed E-state index contributed by atoms with van der Waals surface area (Å²) in [5, 5.41) is 6.39.